The van der Waals surface area contributed by atoms with E-state index in [4.69, 9.17) is 0 Å². The van der Waals surface area contributed by atoms with Gasteiger partial charge in [-0.15, -0.1) is 0 Å². The molecule has 4 nitrogen and oxygen atoms in total. The second-order valence-corrected chi connectivity index (χ2v) is 5.29. The molecule has 0 saturated heterocycles. The number of hydrogen-bond acceptors (Lipinski definition) is 3. The maximum Gasteiger partial charge on any atom is 0.236 e. The zero-order valence-corrected chi connectivity index (χ0v) is 12.8. The van der Waals surface area contributed by atoms with Gasteiger partial charge in [0.25, 0.3) is 0 Å². The highest BCUT2D eigenvalue weighted by molar-refractivity contribution is 5.98. The van der Waals surface area contributed by atoms with E-state index in [-0.39, 0.29) is 18.2 Å². The smallest absolute Gasteiger partial charge is 0.236 e. The average molecular weight is 276 g/mol. The topological polar surface area (TPSA) is 40.6 Å². The van der Waals surface area contributed by atoms with Crippen molar-refractivity contribution >= 4 is 11.7 Å². The summed E-state index contributed by atoms with van der Waals surface area (Å²) >= 11 is 0. The molecule has 0 fully saturated rings. The number of amides is 1. The Labute approximate surface area is 121 Å². The van der Waals surface area contributed by atoms with Gasteiger partial charge in [0.15, 0.2) is 5.78 Å². The Morgan fingerprint density at radius 1 is 1.15 bits per heavy atom. The molecule has 0 spiro atoms. The molecule has 0 bridgehead atoms. The average Bonchev–Trinajstić information content (AvgIpc) is 2.38. The van der Waals surface area contributed by atoms with Gasteiger partial charge in [-0.2, -0.15) is 0 Å². The number of rotatable bonds is 7. The second-order valence-electron chi connectivity index (χ2n) is 5.29. The molecule has 0 saturated carbocycles. The molecule has 0 heterocycles. The molecule has 0 radical (unpaired) electrons. The summed E-state index contributed by atoms with van der Waals surface area (Å²) in [5.74, 6) is 0.0872. The monoisotopic (exact) mass is 276 g/mol. The maximum atomic E-state index is 12.3. The first-order valence-corrected chi connectivity index (χ1v) is 6.96. The molecule has 1 rings (SSSR count). The normalized spacial score (nSPS) is 10.7. The molecule has 20 heavy (non-hydrogen) atoms. The Hall–Kier alpha value is -1.68. The highest BCUT2D eigenvalue weighted by atomic mass is 16.2. The van der Waals surface area contributed by atoms with Crippen molar-refractivity contribution in [2.24, 2.45) is 0 Å². The van der Waals surface area contributed by atoms with Crippen LogP contribution in [-0.4, -0.2) is 55.2 Å². The Balaban J connectivity index is 2.70. The summed E-state index contributed by atoms with van der Waals surface area (Å²) in [7, 11) is 3.46. The van der Waals surface area contributed by atoms with Crippen LogP contribution < -0.4 is 0 Å². The summed E-state index contributed by atoms with van der Waals surface area (Å²) in [6.45, 7) is 5.34. The molecule has 0 unspecified atom stereocenters. The van der Waals surface area contributed by atoms with E-state index in [9.17, 15) is 9.59 Å². The van der Waals surface area contributed by atoms with Gasteiger partial charge in [0.1, 0.15) is 0 Å². The molecule has 0 aromatic heterocycles. The SMILES string of the molecule is CCCN(CC(=O)c1cccc(C)c1)CC(=O)N(C)C. The van der Waals surface area contributed by atoms with Crippen LogP contribution in [0.4, 0.5) is 0 Å². The molecule has 0 aliphatic heterocycles. The van der Waals surface area contributed by atoms with Gasteiger partial charge in [-0.3, -0.25) is 14.5 Å². The van der Waals surface area contributed by atoms with Crippen LogP contribution in [0, 0.1) is 6.92 Å². The van der Waals surface area contributed by atoms with Gasteiger partial charge in [-0.05, 0) is 26.0 Å². The number of benzene rings is 1. The van der Waals surface area contributed by atoms with E-state index < -0.39 is 0 Å². The zero-order valence-electron chi connectivity index (χ0n) is 12.8. The van der Waals surface area contributed by atoms with Gasteiger partial charge in [-0.25, -0.2) is 0 Å². The van der Waals surface area contributed by atoms with Crippen LogP contribution in [0.2, 0.25) is 0 Å². The highest BCUT2D eigenvalue weighted by Gasteiger charge is 2.16. The maximum absolute atomic E-state index is 12.3. The summed E-state index contributed by atoms with van der Waals surface area (Å²) in [5, 5.41) is 0. The van der Waals surface area contributed by atoms with Crippen LogP contribution in [0.1, 0.15) is 29.3 Å². The summed E-state index contributed by atoms with van der Waals surface area (Å²) in [6, 6.07) is 7.57. The van der Waals surface area contributed by atoms with Crippen LogP contribution in [0.3, 0.4) is 0 Å². The predicted octanol–water partition coefficient (Wildman–Crippen LogP) is 1.98. The number of aryl methyl sites for hydroxylation is 1. The lowest BCUT2D eigenvalue weighted by Crippen LogP contribution is -2.39. The van der Waals surface area contributed by atoms with E-state index in [1.165, 1.54) is 0 Å². The summed E-state index contributed by atoms with van der Waals surface area (Å²) in [4.78, 5) is 27.5. The standard InChI is InChI=1S/C16H24N2O2/c1-5-9-18(12-16(20)17(3)4)11-15(19)14-8-6-7-13(2)10-14/h6-8,10H,5,9,11-12H2,1-4H3. The lowest BCUT2D eigenvalue weighted by molar-refractivity contribution is -0.129. The predicted molar refractivity (Wildman–Crippen MR) is 80.9 cm³/mol. The second kappa shape index (κ2) is 7.80. The number of Topliss-reactive ketones (excluding diaryl/α,β-unsaturated/α-hetero) is 1. The van der Waals surface area contributed by atoms with Crippen molar-refractivity contribution in [1.82, 2.24) is 9.80 Å². The first kappa shape index (κ1) is 16.4. The van der Waals surface area contributed by atoms with Gasteiger partial charge >= 0.3 is 0 Å². The van der Waals surface area contributed by atoms with Gasteiger partial charge in [0.2, 0.25) is 5.91 Å². The number of nitrogens with zero attached hydrogens (tertiary/aromatic N) is 2. The molecule has 1 aromatic carbocycles. The minimum atomic E-state index is 0.0236. The van der Waals surface area contributed by atoms with Crippen LogP contribution >= 0.6 is 0 Å². The van der Waals surface area contributed by atoms with Gasteiger partial charge < -0.3 is 4.90 Å². The molecular weight excluding hydrogens is 252 g/mol. The third kappa shape index (κ3) is 5.13. The van der Waals surface area contributed by atoms with Crippen LogP contribution in [0.25, 0.3) is 0 Å². The minimum absolute atomic E-state index is 0.0236. The van der Waals surface area contributed by atoms with Crippen LogP contribution in [0.5, 0.6) is 0 Å². The van der Waals surface area contributed by atoms with Gasteiger partial charge in [0.05, 0.1) is 13.1 Å². The van der Waals surface area contributed by atoms with E-state index in [0.29, 0.717) is 12.1 Å². The molecule has 1 amide bonds. The fraction of sp³-hybridized carbons (Fsp3) is 0.500. The molecular formula is C16H24N2O2. The lowest BCUT2D eigenvalue weighted by Gasteiger charge is -2.22. The van der Waals surface area contributed by atoms with E-state index in [0.717, 1.165) is 18.5 Å². The number of carbonyl (C=O) groups is 2. The van der Waals surface area contributed by atoms with Crippen molar-refractivity contribution in [3.63, 3.8) is 0 Å². The first-order chi connectivity index (χ1) is 9.43. The molecule has 0 N–H and O–H groups in total. The Morgan fingerprint density at radius 3 is 2.40 bits per heavy atom. The van der Waals surface area contributed by atoms with E-state index in [1.807, 2.05) is 43.0 Å². The molecule has 110 valence electrons. The summed E-state index contributed by atoms with van der Waals surface area (Å²) < 4.78 is 0. The largest absolute Gasteiger partial charge is 0.348 e. The molecule has 4 heteroatoms. The van der Waals surface area contributed by atoms with Crippen molar-refractivity contribution in [3.8, 4) is 0 Å². The molecule has 0 aliphatic rings. The minimum Gasteiger partial charge on any atom is -0.348 e. The summed E-state index contributed by atoms with van der Waals surface area (Å²) in [6.07, 6.45) is 0.918. The number of hydrogen-bond donors (Lipinski definition) is 0. The molecule has 0 atom stereocenters. The number of ketones is 1. The Kier molecular flexibility index (Phi) is 6.39. The van der Waals surface area contributed by atoms with Crippen LogP contribution in [-0.2, 0) is 4.79 Å². The summed E-state index contributed by atoms with van der Waals surface area (Å²) in [5.41, 5.74) is 1.78. The van der Waals surface area contributed by atoms with Crippen molar-refractivity contribution in [2.45, 2.75) is 20.3 Å². The molecule has 0 aliphatic carbocycles. The zero-order chi connectivity index (χ0) is 15.1. The van der Waals surface area contributed by atoms with Crippen LogP contribution in [0.15, 0.2) is 24.3 Å². The van der Waals surface area contributed by atoms with E-state index >= 15 is 0 Å². The van der Waals surface area contributed by atoms with Crippen molar-refractivity contribution in [2.75, 3.05) is 33.7 Å². The fourth-order valence-electron chi connectivity index (χ4n) is 1.98. The van der Waals surface area contributed by atoms with Crippen molar-refractivity contribution in [1.29, 1.82) is 0 Å². The highest BCUT2D eigenvalue weighted by Crippen LogP contribution is 2.06. The number of carbonyl (C=O) groups excluding carboxylic acids is 2. The van der Waals surface area contributed by atoms with Crippen molar-refractivity contribution in [3.05, 3.63) is 35.4 Å². The Morgan fingerprint density at radius 2 is 1.85 bits per heavy atom. The van der Waals surface area contributed by atoms with E-state index in [1.54, 1.807) is 19.0 Å². The molecule has 1 aromatic rings. The quantitative estimate of drug-likeness (QED) is 0.715. The lowest BCUT2D eigenvalue weighted by atomic mass is 10.1. The van der Waals surface area contributed by atoms with Gasteiger partial charge in [0, 0.05) is 19.7 Å². The number of likely N-dealkylation sites (N-methyl/N-ethyl adjacent to an activating group) is 1. The third-order valence-corrected chi connectivity index (χ3v) is 3.10. The van der Waals surface area contributed by atoms with Crippen molar-refractivity contribution < 1.29 is 9.59 Å². The van der Waals surface area contributed by atoms with Gasteiger partial charge in [-0.1, -0.05) is 30.7 Å². The third-order valence-electron chi connectivity index (χ3n) is 3.10. The Bertz CT molecular complexity index is 469. The van der Waals surface area contributed by atoms with E-state index in [2.05, 4.69) is 0 Å². The fourth-order valence-corrected chi connectivity index (χ4v) is 1.98. The first-order valence-electron chi connectivity index (χ1n) is 6.96.